The van der Waals surface area contributed by atoms with Crippen LogP contribution in [-0.4, -0.2) is 25.7 Å². The van der Waals surface area contributed by atoms with Crippen LogP contribution >= 0.6 is 0 Å². The number of benzene rings is 1. The number of ether oxygens (including phenoxy) is 1. The van der Waals surface area contributed by atoms with Crippen LogP contribution in [0, 0.1) is 11.3 Å². The Hall–Kier alpha value is -1.86. The number of hydrogen-bond acceptors (Lipinski definition) is 3. The van der Waals surface area contributed by atoms with E-state index in [4.69, 9.17) is 10.00 Å². The molecular formula is C14H18N2O2. The fraction of sp³-hybridized carbons (Fsp3) is 0.429. The lowest BCUT2D eigenvalue weighted by Gasteiger charge is -2.15. The maximum absolute atomic E-state index is 11.8. The van der Waals surface area contributed by atoms with Crippen LogP contribution in [0.2, 0.25) is 0 Å². The first kappa shape index (κ1) is 14.2. The zero-order chi connectivity index (χ0) is 13.4. The minimum Gasteiger partial charge on any atom is -0.383 e. The molecule has 0 saturated carbocycles. The molecule has 0 aliphatic heterocycles. The molecule has 4 heteroatoms. The standard InChI is InChI=1S/C14H18N2O2/c1-3-13(10-18-2)16-14(17)8-11-4-6-12(9-15)7-5-11/h4-7,13H,3,8,10H2,1-2H3,(H,16,17). The SMILES string of the molecule is CCC(COC)NC(=O)Cc1ccc(C#N)cc1. The van der Waals surface area contributed by atoms with E-state index in [9.17, 15) is 4.79 Å². The third-order valence-electron chi connectivity index (χ3n) is 2.67. The van der Waals surface area contributed by atoms with Crippen LogP contribution in [-0.2, 0) is 16.0 Å². The molecule has 1 aromatic rings. The smallest absolute Gasteiger partial charge is 0.224 e. The Labute approximate surface area is 108 Å². The van der Waals surface area contributed by atoms with Gasteiger partial charge in [-0.1, -0.05) is 19.1 Å². The zero-order valence-corrected chi connectivity index (χ0v) is 10.8. The minimum absolute atomic E-state index is 0.0244. The number of rotatable bonds is 6. The van der Waals surface area contributed by atoms with Crippen molar-refractivity contribution in [3.05, 3.63) is 35.4 Å². The van der Waals surface area contributed by atoms with Crippen molar-refractivity contribution in [2.45, 2.75) is 25.8 Å². The van der Waals surface area contributed by atoms with Gasteiger partial charge < -0.3 is 10.1 Å². The Morgan fingerprint density at radius 1 is 1.44 bits per heavy atom. The quantitative estimate of drug-likeness (QED) is 0.830. The number of nitrogens with zero attached hydrogens (tertiary/aromatic N) is 1. The molecule has 0 heterocycles. The topological polar surface area (TPSA) is 62.1 Å². The van der Waals surface area contributed by atoms with Gasteiger partial charge in [-0.25, -0.2) is 0 Å². The molecule has 0 spiro atoms. The molecule has 1 rings (SSSR count). The van der Waals surface area contributed by atoms with Crippen LogP contribution in [0.4, 0.5) is 0 Å². The summed E-state index contributed by atoms with van der Waals surface area (Å²) in [6.07, 6.45) is 1.17. The second-order valence-electron chi connectivity index (χ2n) is 4.11. The normalized spacial score (nSPS) is 11.6. The molecule has 1 N–H and O–H groups in total. The number of nitrogens with one attached hydrogen (secondary N) is 1. The molecule has 1 unspecified atom stereocenters. The predicted octanol–water partition coefficient (Wildman–Crippen LogP) is 1.64. The van der Waals surface area contributed by atoms with Crippen LogP contribution in [0.15, 0.2) is 24.3 Å². The Morgan fingerprint density at radius 2 is 2.11 bits per heavy atom. The van der Waals surface area contributed by atoms with Crippen molar-refractivity contribution in [3.8, 4) is 6.07 Å². The lowest BCUT2D eigenvalue weighted by Crippen LogP contribution is -2.38. The number of nitriles is 1. The Balaban J connectivity index is 2.50. The summed E-state index contributed by atoms with van der Waals surface area (Å²) in [5.74, 6) is -0.0244. The highest BCUT2D eigenvalue weighted by molar-refractivity contribution is 5.78. The third kappa shape index (κ3) is 4.56. The van der Waals surface area contributed by atoms with E-state index in [1.54, 1.807) is 31.4 Å². The molecule has 1 aromatic carbocycles. The van der Waals surface area contributed by atoms with Gasteiger partial charge in [0.05, 0.1) is 30.7 Å². The van der Waals surface area contributed by atoms with Gasteiger partial charge in [-0.3, -0.25) is 4.79 Å². The molecule has 0 aliphatic rings. The summed E-state index contributed by atoms with van der Waals surface area (Å²) in [5.41, 5.74) is 1.50. The van der Waals surface area contributed by atoms with Gasteiger partial charge in [0.25, 0.3) is 0 Å². The van der Waals surface area contributed by atoms with Gasteiger partial charge in [-0.15, -0.1) is 0 Å². The summed E-state index contributed by atoms with van der Waals surface area (Å²) >= 11 is 0. The van der Waals surface area contributed by atoms with Gasteiger partial charge in [-0.05, 0) is 24.1 Å². The van der Waals surface area contributed by atoms with Crippen molar-refractivity contribution in [3.63, 3.8) is 0 Å². The van der Waals surface area contributed by atoms with Gasteiger partial charge in [0.1, 0.15) is 0 Å². The van der Waals surface area contributed by atoms with Crippen molar-refractivity contribution in [2.24, 2.45) is 0 Å². The summed E-state index contributed by atoms with van der Waals surface area (Å²) < 4.78 is 5.03. The van der Waals surface area contributed by atoms with E-state index in [1.165, 1.54) is 0 Å². The molecule has 0 fully saturated rings. The summed E-state index contributed by atoms with van der Waals surface area (Å²) in [5, 5.41) is 11.6. The van der Waals surface area contributed by atoms with Crippen LogP contribution in [0.5, 0.6) is 0 Å². The van der Waals surface area contributed by atoms with Crippen LogP contribution < -0.4 is 5.32 Å². The van der Waals surface area contributed by atoms with E-state index in [2.05, 4.69) is 5.32 Å². The molecular weight excluding hydrogens is 228 g/mol. The number of methoxy groups -OCH3 is 1. The molecule has 96 valence electrons. The van der Waals surface area contributed by atoms with E-state index < -0.39 is 0 Å². The molecule has 0 bridgehead atoms. The average Bonchev–Trinajstić information content (AvgIpc) is 2.39. The number of carbonyl (C=O) groups excluding carboxylic acids is 1. The summed E-state index contributed by atoms with van der Waals surface area (Å²) in [6, 6.07) is 9.14. The van der Waals surface area contributed by atoms with Gasteiger partial charge in [-0.2, -0.15) is 5.26 Å². The highest BCUT2D eigenvalue weighted by Crippen LogP contribution is 2.04. The van der Waals surface area contributed by atoms with Crippen molar-refractivity contribution >= 4 is 5.91 Å². The Bertz CT molecular complexity index is 420. The molecule has 0 radical (unpaired) electrons. The lowest BCUT2D eigenvalue weighted by molar-refractivity contribution is -0.121. The van der Waals surface area contributed by atoms with E-state index in [0.29, 0.717) is 18.6 Å². The highest BCUT2D eigenvalue weighted by atomic mass is 16.5. The largest absolute Gasteiger partial charge is 0.383 e. The van der Waals surface area contributed by atoms with Crippen molar-refractivity contribution in [1.82, 2.24) is 5.32 Å². The Morgan fingerprint density at radius 3 is 2.61 bits per heavy atom. The van der Waals surface area contributed by atoms with E-state index in [-0.39, 0.29) is 11.9 Å². The first-order valence-corrected chi connectivity index (χ1v) is 5.97. The van der Waals surface area contributed by atoms with Crippen molar-refractivity contribution in [2.75, 3.05) is 13.7 Å². The molecule has 0 aromatic heterocycles. The zero-order valence-electron chi connectivity index (χ0n) is 10.8. The molecule has 18 heavy (non-hydrogen) atoms. The Kier molecular flexibility index (Phi) is 5.89. The molecule has 4 nitrogen and oxygen atoms in total. The van der Waals surface area contributed by atoms with E-state index in [1.807, 2.05) is 13.0 Å². The first-order chi connectivity index (χ1) is 8.69. The van der Waals surface area contributed by atoms with Crippen molar-refractivity contribution in [1.29, 1.82) is 5.26 Å². The fourth-order valence-corrected chi connectivity index (χ4v) is 1.62. The van der Waals surface area contributed by atoms with Crippen molar-refractivity contribution < 1.29 is 9.53 Å². The fourth-order valence-electron chi connectivity index (χ4n) is 1.62. The maximum atomic E-state index is 11.8. The van der Waals surface area contributed by atoms with Crippen LogP contribution in [0.3, 0.4) is 0 Å². The molecule has 1 amide bonds. The summed E-state index contributed by atoms with van der Waals surface area (Å²) in [7, 11) is 1.62. The highest BCUT2D eigenvalue weighted by Gasteiger charge is 2.10. The summed E-state index contributed by atoms with van der Waals surface area (Å²) in [4.78, 5) is 11.8. The summed E-state index contributed by atoms with van der Waals surface area (Å²) in [6.45, 7) is 2.53. The van der Waals surface area contributed by atoms with Gasteiger partial charge in [0.15, 0.2) is 0 Å². The van der Waals surface area contributed by atoms with Gasteiger partial charge in [0, 0.05) is 7.11 Å². The second-order valence-corrected chi connectivity index (χ2v) is 4.11. The average molecular weight is 246 g/mol. The number of hydrogen-bond donors (Lipinski definition) is 1. The second kappa shape index (κ2) is 7.46. The molecule has 1 atom stereocenters. The molecule has 0 saturated heterocycles. The first-order valence-electron chi connectivity index (χ1n) is 5.97. The van der Waals surface area contributed by atoms with Gasteiger partial charge >= 0.3 is 0 Å². The maximum Gasteiger partial charge on any atom is 0.224 e. The lowest BCUT2D eigenvalue weighted by atomic mass is 10.1. The third-order valence-corrected chi connectivity index (χ3v) is 2.67. The van der Waals surface area contributed by atoms with E-state index >= 15 is 0 Å². The van der Waals surface area contributed by atoms with Crippen LogP contribution in [0.1, 0.15) is 24.5 Å². The van der Waals surface area contributed by atoms with E-state index in [0.717, 1.165) is 12.0 Å². The predicted molar refractivity (Wildman–Crippen MR) is 69.0 cm³/mol. The number of amides is 1. The van der Waals surface area contributed by atoms with Crippen LogP contribution in [0.25, 0.3) is 0 Å². The minimum atomic E-state index is -0.0244. The molecule has 0 aliphatic carbocycles. The monoisotopic (exact) mass is 246 g/mol. The number of carbonyl (C=O) groups is 1. The van der Waals surface area contributed by atoms with Gasteiger partial charge in [0.2, 0.25) is 5.91 Å².